The Labute approximate surface area is 130 Å². The van der Waals surface area contributed by atoms with E-state index in [1.165, 1.54) is 4.57 Å². The summed E-state index contributed by atoms with van der Waals surface area (Å²) in [5.41, 5.74) is -0.109. The second-order valence-corrected chi connectivity index (χ2v) is 6.55. The van der Waals surface area contributed by atoms with Gasteiger partial charge in [-0.3, -0.25) is 4.79 Å². The molecule has 0 aliphatic carbocycles. The molecular formula is C17H24N2O3. The van der Waals surface area contributed by atoms with Crippen molar-refractivity contribution in [1.82, 2.24) is 9.88 Å². The normalized spacial score (nSPS) is 13.3. The topological polar surface area (TPSA) is 63.5 Å². The molecule has 0 saturated heterocycles. The molecule has 22 heavy (non-hydrogen) atoms. The van der Waals surface area contributed by atoms with Crippen LogP contribution in [-0.4, -0.2) is 34.5 Å². The SMILES string of the molecule is Cn1cc(OC[C@@H](O)CNC(C)(C)C)c2ccccc2c1=O. The number of ether oxygens (including phenoxy) is 1. The second kappa shape index (κ2) is 6.50. The lowest BCUT2D eigenvalue weighted by Gasteiger charge is -2.23. The molecule has 0 radical (unpaired) electrons. The zero-order chi connectivity index (χ0) is 16.3. The van der Waals surface area contributed by atoms with Crippen molar-refractivity contribution in [1.29, 1.82) is 0 Å². The maximum Gasteiger partial charge on any atom is 0.258 e. The van der Waals surface area contributed by atoms with Gasteiger partial charge in [0, 0.05) is 30.7 Å². The van der Waals surface area contributed by atoms with E-state index in [9.17, 15) is 9.90 Å². The summed E-state index contributed by atoms with van der Waals surface area (Å²) in [6.07, 6.45) is 1.05. The van der Waals surface area contributed by atoms with Gasteiger partial charge in [-0.1, -0.05) is 18.2 Å². The molecule has 5 heteroatoms. The number of fused-ring (bicyclic) bond motifs is 1. The van der Waals surface area contributed by atoms with Crippen molar-refractivity contribution in [2.24, 2.45) is 7.05 Å². The van der Waals surface area contributed by atoms with E-state index in [1.807, 2.05) is 39.0 Å². The Balaban J connectivity index is 2.12. The molecule has 0 amide bonds. The van der Waals surface area contributed by atoms with Crippen molar-refractivity contribution in [3.05, 3.63) is 40.8 Å². The quantitative estimate of drug-likeness (QED) is 0.882. The highest BCUT2D eigenvalue weighted by molar-refractivity contribution is 5.87. The molecule has 0 aliphatic heterocycles. The van der Waals surface area contributed by atoms with Crippen LogP contribution in [0.3, 0.4) is 0 Å². The number of β-amino-alcohol motifs (C(OH)–C–C–N with tert-alkyl or cyclic N) is 1. The van der Waals surface area contributed by atoms with Gasteiger partial charge in [-0.05, 0) is 26.8 Å². The van der Waals surface area contributed by atoms with Crippen molar-refractivity contribution in [3.8, 4) is 5.75 Å². The van der Waals surface area contributed by atoms with E-state index in [-0.39, 0.29) is 17.7 Å². The molecule has 0 spiro atoms. The number of aryl methyl sites for hydroxylation is 1. The molecule has 0 bridgehead atoms. The van der Waals surface area contributed by atoms with E-state index in [0.717, 1.165) is 5.39 Å². The summed E-state index contributed by atoms with van der Waals surface area (Å²) in [5.74, 6) is 0.604. The average Bonchev–Trinajstić information content (AvgIpc) is 2.47. The fourth-order valence-electron chi connectivity index (χ4n) is 2.16. The Kier molecular flexibility index (Phi) is 4.88. The molecule has 0 fully saturated rings. The number of aliphatic hydroxyl groups is 1. The summed E-state index contributed by atoms with van der Waals surface area (Å²) < 4.78 is 7.23. The van der Waals surface area contributed by atoms with Gasteiger partial charge in [-0.15, -0.1) is 0 Å². The minimum atomic E-state index is -0.616. The van der Waals surface area contributed by atoms with Gasteiger partial charge in [-0.25, -0.2) is 0 Å². The fourth-order valence-corrected chi connectivity index (χ4v) is 2.16. The monoisotopic (exact) mass is 304 g/mol. The third kappa shape index (κ3) is 4.08. The van der Waals surface area contributed by atoms with Crippen molar-refractivity contribution in [3.63, 3.8) is 0 Å². The third-order valence-corrected chi connectivity index (χ3v) is 3.35. The van der Waals surface area contributed by atoms with E-state index in [2.05, 4.69) is 5.32 Å². The minimum absolute atomic E-state index is 0.0513. The number of aliphatic hydroxyl groups excluding tert-OH is 1. The molecule has 2 aromatic rings. The van der Waals surface area contributed by atoms with E-state index in [4.69, 9.17) is 4.74 Å². The predicted octanol–water partition coefficient (Wildman–Crippen LogP) is 1.67. The number of rotatable bonds is 5. The first-order valence-electron chi connectivity index (χ1n) is 7.42. The van der Waals surface area contributed by atoms with Crippen LogP contribution in [0.2, 0.25) is 0 Å². The lowest BCUT2D eigenvalue weighted by Crippen LogP contribution is -2.42. The maximum absolute atomic E-state index is 12.1. The van der Waals surface area contributed by atoms with Crippen LogP contribution < -0.4 is 15.6 Å². The first kappa shape index (κ1) is 16.5. The molecule has 5 nitrogen and oxygen atoms in total. The van der Waals surface area contributed by atoms with Crippen molar-refractivity contribution < 1.29 is 9.84 Å². The van der Waals surface area contributed by atoms with E-state index in [0.29, 0.717) is 17.7 Å². The number of pyridine rings is 1. The van der Waals surface area contributed by atoms with Crippen LogP contribution in [0.1, 0.15) is 20.8 Å². The minimum Gasteiger partial charge on any atom is -0.489 e. The number of nitrogens with one attached hydrogen (secondary N) is 1. The van der Waals surface area contributed by atoms with Crippen LogP contribution in [-0.2, 0) is 7.05 Å². The number of benzene rings is 1. The fraction of sp³-hybridized carbons (Fsp3) is 0.471. The number of nitrogens with zero attached hydrogens (tertiary/aromatic N) is 1. The molecule has 2 N–H and O–H groups in total. The molecule has 1 aromatic heterocycles. The summed E-state index contributed by atoms with van der Waals surface area (Å²) in [6.45, 7) is 6.75. The summed E-state index contributed by atoms with van der Waals surface area (Å²) in [4.78, 5) is 12.1. The summed E-state index contributed by atoms with van der Waals surface area (Å²) in [7, 11) is 1.69. The Morgan fingerprint density at radius 1 is 1.27 bits per heavy atom. The van der Waals surface area contributed by atoms with Crippen LogP contribution in [0.4, 0.5) is 0 Å². The molecular weight excluding hydrogens is 280 g/mol. The zero-order valence-electron chi connectivity index (χ0n) is 13.6. The zero-order valence-corrected chi connectivity index (χ0v) is 13.6. The van der Waals surface area contributed by atoms with Gasteiger partial charge in [-0.2, -0.15) is 0 Å². The Bertz CT molecular complexity index is 701. The van der Waals surface area contributed by atoms with Crippen LogP contribution in [0.25, 0.3) is 10.8 Å². The van der Waals surface area contributed by atoms with Crippen LogP contribution in [0.5, 0.6) is 5.75 Å². The predicted molar refractivity (Wildman–Crippen MR) is 88.4 cm³/mol. The van der Waals surface area contributed by atoms with Crippen LogP contribution in [0.15, 0.2) is 35.3 Å². The first-order valence-corrected chi connectivity index (χ1v) is 7.42. The van der Waals surface area contributed by atoms with E-state index < -0.39 is 6.10 Å². The van der Waals surface area contributed by atoms with Crippen molar-refractivity contribution in [2.75, 3.05) is 13.2 Å². The van der Waals surface area contributed by atoms with E-state index >= 15 is 0 Å². The highest BCUT2D eigenvalue weighted by Gasteiger charge is 2.14. The van der Waals surface area contributed by atoms with Crippen molar-refractivity contribution in [2.45, 2.75) is 32.4 Å². The highest BCUT2D eigenvalue weighted by atomic mass is 16.5. The number of hydrogen-bond donors (Lipinski definition) is 2. The summed E-state index contributed by atoms with van der Waals surface area (Å²) in [6, 6.07) is 7.33. The number of aromatic nitrogens is 1. The van der Waals surface area contributed by atoms with Crippen LogP contribution >= 0.6 is 0 Å². The molecule has 2 rings (SSSR count). The maximum atomic E-state index is 12.1. The smallest absolute Gasteiger partial charge is 0.258 e. The van der Waals surface area contributed by atoms with Gasteiger partial charge in [0.2, 0.25) is 0 Å². The number of hydrogen-bond acceptors (Lipinski definition) is 4. The third-order valence-electron chi connectivity index (χ3n) is 3.35. The van der Waals surface area contributed by atoms with Gasteiger partial charge in [0.15, 0.2) is 0 Å². The second-order valence-electron chi connectivity index (χ2n) is 6.55. The van der Waals surface area contributed by atoms with Gasteiger partial charge >= 0.3 is 0 Å². The van der Waals surface area contributed by atoms with Gasteiger partial charge in [0.25, 0.3) is 5.56 Å². The average molecular weight is 304 g/mol. The van der Waals surface area contributed by atoms with E-state index in [1.54, 1.807) is 19.3 Å². The lowest BCUT2D eigenvalue weighted by molar-refractivity contribution is 0.100. The van der Waals surface area contributed by atoms with Gasteiger partial charge < -0.3 is 19.7 Å². The largest absolute Gasteiger partial charge is 0.489 e. The standard InChI is InChI=1S/C17H24N2O3/c1-17(2,3)18-9-12(20)11-22-15-10-19(4)16(21)14-8-6-5-7-13(14)15/h5-8,10,12,18,20H,9,11H2,1-4H3/t12-/m0/s1. The molecule has 120 valence electrons. The molecule has 1 heterocycles. The van der Waals surface area contributed by atoms with Crippen molar-refractivity contribution >= 4 is 10.8 Å². The van der Waals surface area contributed by atoms with Gasteiger partial charge in [0.05, 0.1) is 5.39 Å². The first-order chi connectivity index (χ1) is 10.3. The summed E-state index contributed by atoms with van der Waals surface area (Å²) >= 11 is 0. The molecule has 0 unspecified atom stereocenters. The van der Waals surface area contributed by atoms with Crippen LogP contribution in [0, 0.1) is 0 Å². The Morgan fingerprint density at radius 3 is 2.55 bits per heavy atom. The van der Waals surface area contributed by atoms with Gasteiger partial charge in [0.1, 0.15) is 18.5 Å². The summed E-state index contributed by atoms with van der Waals surface area (Å²) in [5, 5.41) is 14.6. The molecule has 1 atom stereocenters. The Hall–Kier alpha value is -1.85. The lowest BCUT2D eigenvalue weighted by atomic mass is 10.1. The highest BCUT2D eigenvalue weighted by Crippen LogP contribution is 2.22. The molecule has 0 saturated carbocycles. The molecule has 0 aliphatic rings. The molecule has 1 aromatic carbocycles. The Morgan fingerprint density at radius 2 is 1.91 bits per heavy atom.